The van der Waals surface area contributed by atoms with Gasteiger partial charge in [-0.25, -0.2) is 4.79 Å². The molecule has 0 fully saturated rings. The predicted molar refractivity (Wildman–Crippen MR) is 96.7 cm³/mol. The van der Waals surface area contributed by atoms with Gasteiger partial charge in [-0.05, 0) is 42.8 Å². The molecule has 0 N–H and O–H groups in total. The zero-order valence-corrected chi connectivity index (χ0v) is 14.4. The first kappa shape index (κ1) is 18.1. The van der Waals surface area contributed by atoms with Crippen molar-refractivity contribution in [1.82, 2.24) is 0 Å². The summed E-state index contributed by atoms with van der Waals surface area (Å²) < 4.78 is 11.0. The van der Waals surface area contributed by atoms with E-state index in [1.165, 1.54) is 32.1 Å². The van der Waals surface area contributed by atoms with Crippen LogP contribution in [0.25, 0.3) is 0 Å². The maximum absolute atomic E-state index is 12.0. The number of carbonyl (C=O) groups is 1. The molecule has 0 aliphatic carbocycles. The third-order valence-corrected chi connectivity index (χ3v) is 3.81. The Bertz CT molecular complexity index is 590. The third-order valence-electron chi connectivity index (χ3n) is 3.81. The average molecular weight is 326 g/mol. The number of unbranched alkanes of at least 4 members (excludes halogenated alkanes) is 5. The van der Waals surface area contributed by atoms with Gasteiger partial charge in [-0.3, -0.25) is 0 Å². The van der Waals surface area contributed by atoms with E-state index in [2.05, 4.69) is 6.92 Å². The van der Waals surface area contributed by atoms with Crippen LogP contribution in [0.3, 0.4) is 0 Å². The van der Waals surface area contributed by atoms with E-state index in [1.54, 1.807) is 24.3 Å². The zero-order chi connectivity index (χ0) is 17.0. The highest BCUT2D eigenvalue weighted by molar-refractivity contribution is 5.91. The summed E-state index contributed by atoms with van der Waals surface area (Å²) in [6, 6.07) is 16.2. The molecule has 0 aliphatic heterocycles. The molecule has 24 heavy (non-hydrogen) atoms. The summed E-state index contributed by atoms with van der Waals surface area (Å²) in [5, 5.41) is 0. The van der Waals surface area contributed by atoms with Crippen molar-refractivity contribution in [3.8, 4) is 11.5 Å². The Morgan fingerprint density at radius 2 is 1.46 bits per heavy atom. The molecule has 0 aromatic heterocycles. The fourth-order valence-electron chi connectivity index (χ4n) is 2.41. The Kier molecular flexibility index (Phi) is 7.88. The van der Waals surface area contributed by atoms with Crippen molar-refractivity contribution in [2.24, 2.45) is 0 Å². The molecule has 0 radical (unpaired) electrons. The van der Waals surface area contributed by atoms with Crippen LogP contribution in [0.1, 0.15) is 55.8 Å². The van der Waals surface area contributed by atoms with E-state index in [4.69, 9.17) is 9.47 Å². The fraction of sp³-hybridized carbons (Fsp3) is 0.381. The minimum atomic E-state index is -0.358. The summed E-state index contributed by atoms with van der Waals surface area (Å²) in [7, 11) is 0. The van der Waals surface area contributed by atoms with Crippen molar-refractivity contribution in [2.45, 2.75) is 45.4 Å². The molecule has 2 aromatic carbocycles. The summed E-state index contributed by atoms with van der Waals surface area (Å²) in [5.41, 5.74) is 0.519. The molecular formula is C21H26O3. The van der Waals surface area contributed by atoms with Crippen LogP contribution in [0, 0.1) is 0 Å². The summed E-state index contributed by atoms with van der Waals surface area (Å²) in [4.78, 5) is 12.0. The van der Waals surface area contributed by atoms with Gasteiger partial charge >= 0.3 is 5.97 Å². The van der Waals surface area contributed by atoms with Gasteiger partial charge in [0, 0.05) is 0 Å². The number of carbonyl (C=O) groups excluding carboxylic acids is 1. The normalized spacial score (nSPS) is 10.4. The van der Waals surface area contributed by atoms with Crippen LogP contribution in [0.2, 0.25) is 0 Å². The molecule has 3 nitrogen and oxygen atoms in total. The van der Waals surface area contributed by atoms with Gasteiger partial charge < -0.3 is 9.47 Å². The molecule has 0 saturated heterocycles. The van der Waals surface area contributed by atoms with Crippen LogP contribution in [0.15, 0.2) is 54.6 Å². The van der Waals surface area contributed by atoms with Crippen LogP contribution >= 0.6 is 0 Å². The Balaban J connectivity index is 1.71. The van der Waals surface area contributed by atoms with E-state index in [1.807, 2.05) is 30.3 Å². The van der Waals surface area contributed by atoms with E-state index >= 15 is 0 Å². The SMILES string of the molecule is CCCCCCCCOc1ccc(C(=O)Oc2ccccc2)cc1. The van der Waals surface area contributed by atoms with Crippen LogP contribution < -0.4 is 9.47 Å². The second kappa shape index (κ2) is 10.5. The fourth-order valence-corrected chi connectivity index (χ4v) is 2.41. The first-order valence-corrected chi connectivity index (χ1v) is 8.79. The highest BCUT2D eigenvalue weighted by Crippen LogP contribution is 2.16. The monoisotopic (exact) mass is 326 g/mol. The number of ether oxygens (including phenoxy) is 2. The van der Waals surface area contributed by atoms with Crippen LogP contribution in [-0.2, 0) is 0 Å². The van der Waals surface area contributed by atoms with Crippen molar-refractivity contribution in [2.75, 3.05) is 6.61 Å². The first-order chi connectivity index (χ1) is 11.8. The number of hydrogen-bond donors (Lipinski definition) is 0. The van der Waals surface area contributed by atoms with Crippen molar-refractivity contribution in [3.05, 3.63) is 60.2 Å². The van der Waals surface area contributed by atoms with Gasteiger partial charge in [0.15, 0.2) is 0 Å². The molecule has 0 spiro atoms. The molecule has 0 amide bonds. The van der Waals surface area contributed by atoms with Gasteiger partial charge in [-0.2, -0.15) is 0 Å². The third kappa shape index (κ3) is 6.45. The molecule has 0 bridgehead atoms. The van der Waals surface area contributed by atoms with Crippen molar-refractivity contribution in [3.63, 3.8) is 0 Å². The number of hydrogen-bond acceptors (Lipinski definition) is 3. The van der Waals surface area contributed by atoms with Crippen molar-refractivity contribution >= 4 is 5.97 Å². The lowest BCUT2D eigenvalue weighted by Gasteiger charge is -2.07. The lowest BCUT2D eigenvalue weighted by atomic mass is 10.1. The molecule has 0 aliphatic rings. The highest BCUT2D eigenvalue weighted by atomic mass is 16.5. The van der Waals surface area contributed by atoms with Gasteiger partial charge in [0.2, 0.25) is 0 Å². The Hall–Kier alpha value is -2.29. The van der Waals surface area contributed by atoms with Gasteiger partial charge in [-0.1, -0.05) is 57.2 Å². The smallest absolute Gasteiger partial charge is 0.343 e. The van der Waals surface area contributed by atoms with E-state index in [-0.39, 0.29) is 5.97 Å². The van der Waals surface area contributed by atoms with E-state index in [9.17, 15) is 4.79 Å². The van der Waals surface area contributed by atoms with E-state index in [0.29, 0.717) is 11.3 Å². The average Bonchev–Trinajstić information content (AvgIpc) is 2.62. The van der Waals surface area contributed by atoms with E-state index in [0.717, 1.165) is 18.8 Å². The number of rotatable bonds is 10. The highest BCUT2D eigenvalue weighted by Gasteiger charge is 2.08. The van der Waals surface area contributed by atoms with Gasteiger partial charge in [0.1, 0.15) is 11.5 Å². The molecule has 2 aromatic rings. The molecular weight excluding hydrogens is 300 g/mol. The van der Waals surface area contributed by atoms with Gasteiger partial charge in [0.05, 0.1) is 12.2 Å². The molecule has 0 atom stereocenters. The molecule has 128 valence electrons. The maximum atomic E-state index is 12.0. The predicted octanol–water partition coefficient (Wildman–Crippen LogP) is 5.65. The zero-order valence-electron chi connectivity index (χ0n) is 14.4. The molecule has 2 rings (SSSR count). The Morgan fingerprint density at radius 3 is 2.17 bits per heavy atom. The number of benzene rings is 2. The quantitative estimate of drug-likeness (QED) is 0.322. The summed E-state index contributed by atoms with van der Waals surface area (Å²) in [6.45, 7) is 2.95. The van der Waals surface area contributed by atoms with Gasteiger partial charge in [-0.15, -0.1) is 0 Å². The van der Waals surface area contributed by atoms with Crippen LogP contribution in [0.5, 0.6) is 11.5 Å². The first-order valence-electron chi connectivity index (χ1n) is 8.79. The second-order valence-corrected chi connectivity index (χ2v) is 5.84. The summed E-state index contributed by atoms with van der Waals surface area (Å²) in [5.74, 6) is 0.981. The van der Waals surface area contributed by atoms with Crippen LogP contribution in [-0.4, -0.2) is 12.6 Å². The van der Waals surface area contributed by atoms with Crippen molar-refractivity contribution < 1.29 is 14.3 Å². The standard InChI is InChI=1S/C21H26O3/c1-2-3-4-5-6-10-17-23-19-15-13-18(14-16-19)21(22)24-20-11-8-7-9-12-20/h7-9,11-16H,2-6,10,17H2,1H3. The minimum absolute atomic E-state index is 0.358. The molecule has 3 heteroatoms. The molecule has 0 saturated carbocycles. The number of esters is 1. The second-order valence-electron chi connectivity index (χ2n) is 5.84. The van der Waals surface area contributed by atoms with Gasteiger partial charge in [0.25, 0.3) is 0 Å². The van der Waals surface area contributed by atoms with Crippen LogP contribution in [0.4, 0.5) is 0 Å². The Morgan fingerprint density at radius 1 is 0.792 bits per heavy atom. The summed E-state index contributed by atoms with van der Waals surface area (Å²) in [6.07, 6.45) is 7.47. The lowest BCUT2D eigenvalue weighted by Crippen LogP contribution is -2.08. The lowest BCUT2D eigenvalue weighted by molar-refractivity contribution is 0.0734. The maximum Gasteiger partial charge on any atom is 0.343 e. The van der Waals surface area contributed by atoms with Crippen molar-refractivity contribution in [1.29, 1.82) is 0 Å². The summed E-state index contributed by atoms with van der Waals surface area (Å²) >= 11 is 0. The minimum Gasteiger partial charge on any atom is -0.494 e. The largest absolute Gasteiger partial charge is 0.494 e. The number of para-hydroxylation sites is 1. The molecule has 0 unspecified atom stereocenters. The Labute approximate surface area is 144 Å². The topological polar surface area (TPSA) is 35.5 Å². The molecule has 0 heterocycles. The van der Waals surface area contributed by atoms with E-state index < -0.39 is 0 Å².